The first kappa shape index (κ1) is 15.9. The molecule has 0 radical (unpaired) electrons. The van der Waals surface area contributed by atoms with E-state index in [1.54, 1.807) is 0 Å². The smallest absolute Gasteiger partial charge is 1.00 e. The van der Waals surface area contributed by atoms with E-state index in [0.717, 1.165) is 0 Å². The molecule has 7 heteroatoms. The molecule has 0 aromatic rings. The molecule has 0 aromatic carbocycles. The van der Waals surface area contributed by atoms with Crippen LogP contribution in [0.2, 0.25) is 0 Å². The Balaban J connectivity index is -0.000000720. The summed E-state index contributed by atoms with van der Waals surface area (Å²) in [5, 5.41) is 25.0. The first-order chi connectivity index (χ1) is 5.93. The summed E-state index contributed by atoms with van der Waals surface area (Å²) in [6, 6.07) is 0. The summed E-state index contributed by atoms with van der Waals surface area (Å²) in [6.45, 7) is 0. The third-order valence-electron chi connectivity index (χ3n) is 1.48. The van der Waals surface area contributed by atoms with Gasteiger partial charge in [0.15, 0.2) is 0 Å². The van der Waals surface area contributed by atoms with Crippen molar-refractivity contribution in [2.24, 2.45) is 5.92 Å². The minimum absolute atomic E-state index is 0. The first-order valence-corrected chi connectivity index (χ1v) is 3.60. The van der Waals surface area contributed by atoms with Crippen LogP contribution in [0.1, 0.15) is 20.7 Å². The molecule has 0 saturated heterocycles. The quantitative estimate of drug-likeness (QED) is 0.410. The second kappa shape index (κ2) is 7.78. The number of hydrogen-bond donors (Lipinski definition) is 3. The van der Waals surface area contributed by atoms with Gasteiger partial charge >= 0.3 is 47.5 Å². The number of carboxylic acids is 3. The van der Waals surface area contributed by atoms with Crippen molar-refractivity contribution in [3.8, 4) is 0 Å². The fourth-order valence-corrected chi connectivity index (χ4v) is 0.821. The molecular formula is C7H11NaO6. The SMILES string of the molecule is O=C(O)CCC(CC(=O)O)C(=O)O.[H-].[Na+]. The Bertz CT molecular complexity index is 232. The Labute approximate surface area is 104 Å². The Kier molecular flexibility index (Phi) is 8.82. The molecule has 0 amide bonds. The topological polar surface area (TPSA) is 112 Å². The number of rotatable bonds is 6. The molecule has 14 heavy (non-hydrogen) atoms. The normalized spacial score (nSPS) is 11.1. The van der Waals surface area contributed by atoms with Gasteiger partial charge in [-0.3, -0.25) is 14.4 Å². The van der Waals surface area contributed by atoms with Crippen molar-refractivity contribution in [2.75, 3.05) is 0 Å². The monoisotopic (exact) mass is 214 g/mol. The molecule has 3 N–H and O–H groups in total. The van der Waals surface area contributed by atoms with Crippen LogP contribution < -0.4 is 29.6 Å². The number of carbonyl (C=O) groups is 3. The summed E-state index contributed by atoms with van der Waals surface area (Å²) < 4.78 is 0. The fraction of sp³-hybridized carbons (Fsp3) is 0.571. The number of hydrogen-bond acceptors (Lipinski definition) is 3. The Hall–Kier alpha value is -0.590. The van der Waals surface area contributed by atoms with Gasteiger partial charge in [0.2, 0.25) is 0 Å². The summed E-state index contributed by atoms with van der Waals surface area (Å²) in [7, 11) is 0. The standard InChI is InChI=1S/C7H10O6.Na.H/c8-5(9)2-1-4(7(12)13)3-6(10)11;;/h4H,1-3H2,(H,8,9)(H,10,11)(H,12,13);;/q;+1;-1. The van der Waals surface area contributed by atoms with Crippen molar-refractivity contribution in [2.45, 2.75) is 19.3 Å². The molecule has 0 bridgehead atoms. The van der Waals surface area contributed by atoms with Gasteiger partial charge in [0, 0.05) is 6.42 Å². The maximum absolute atomic E-state index is 10.4. The second-order valence-corrected chi connectivity index (χ2v) is 2.57. The minimum Gasteiger partial charge on any atom is -1.00 e. The molecule has 0 aromatic heterocycles. The summed E-state index contributed by atoms with van der Waals surface area (Å²) in [5.41, 5.74) is 0. The van der Waals surface area contributed by atoms with Crippen molar-refractivity contribution in [3.05, 3.63) is 0 Å². The van der Waals surface area contributed by atoms with Crippen molar-refractivity contribution in [1.29, 1.82) is 0 Å². The number of aliphatic carboxylic acids is 3. The van der Waals surface area contributed by atoms with Gasteiger partial charge in [0.05, 0.1) is 12.3 Å². The van der Waals surface area contributed by atoms with Crippen molar-refractivity contribution in [3.63, 3.8) is 0 Å². The summed E-state index contributed by atoms with van der Waals surface area (Å²) >= 11 is 0. The molecule has 6 nitrogen and oxygen atoms in total. The van der Waals surface area contributed by atoms with E-state index in [1.807, 2.05) is 0 Å². The molecule has 0 spiro atoms. The van der Waals surface area contributed by atoms with E-state index >= 15 is 0 Å². The van der Waals surface area contributed by atoms with Gasteiger partial charge in [-0.1, -0.05) is 0 Å². The Morgan fingerprint density at radius 1 is 1.07 bits per heavy atom. The molecule has 0 fully saturated rings. The van der Waals surface area contributed by atoms with E-state index in [4.69, 9.17) is 15.3 Å². The van der Waals surface area contributed by atoms with E-state index in [2.05, 4.69) is 0 Å². The Morgan fingerprint density at radius 3 is 1.86 bits per heavy atom. The van der Waals surface area contributed by atoms with Crippen LogP contribution in [-0.4, -0.2) is 33.2 Å². The zero-order valence-corrected chi connectivity index (χ0v) is 9.77. The molecule has 0 rings (SSSR count). The van der Waals surface area contributed by atoms with Crippen LogP contribution in [0.4, 0.5) is 0 Å². The molecule has 0 aliphatic rings. The predicted molar refractivity (Wildman–Crippen MR) is 41.4 cm³/mol. The predicted octanol–water partition coefficient (Wildman–Crippen LogP) is -2.86. The van der Waals surface area contributed by atoms with Crippen molar-refractivity contribution >= 4 is 17.9 Å². The van der Waals surface area contributed by atoms with Gasteiger partial charge in [-0.15, -0.1) is 0 Å². The van der Waals surface area contributed by atoms with Crippen LogP contribution in [0.15, 0.2) is 0 Å². The van der Waals surface area contributed by atoms with Gasteiger partial charge in [0.25, 0.3) is 0 Å². The molecule has 0 aliphatic heterocycles. The third kappa shape index (κ3) is 8.03. The largest absolute Gasteiger partial charge is 1.00 e. The maximum atomic E-state index is 10.4. The van der Waals surface area contributed by atoms with Crippen LogP contribution in [0, 0.1) is 5.92 Å². The maximum Gasteiger partial charge on any atom is 1.00 e. The molecule has 1 unspecified atom stereocenters. The molecule has 1 atom stereocenters. The first-order valence-electron chi connectivity index (χ1n) is 3.60. The molecular weight excluding hydrogens is 203 g/mol. The average molecular weight is 214 g/mol. The van der Waals surface area contributed by atoms with Crippen molar-refractivity contribution < 1.29 is 60.7 Å². The fourth-order valence-electron chi connectivity index (χ4n) is 0.821. The molecule has 0 heterocycles. The van der Waals surface area contributed by atoms with Crippen LogP contribution in [0.25, 0.3) is 0 Å². The average Bonchev–Trinajstić information content (AvgIpc) is 1.96. The summed E-state index contributed by atoms with van der Waals surface area (Å²) in [4.78, 5) is 30.6. The van der Waals surface area contributed by atoms with Crippen LogP contribution >= 0.6 is 0 Å². The molecule has 76 valence electrons. The summed E-state index contributed by atoms with van der Waals surface area (Å²) in [5.74, 6) is -4.76. The van der Waals surface area contributed by atoms with Crippen LogP contribution in [0.3, 0.4) is 0 Å². The Morgan fingerprint density at radius 2 is 1.57 bits per heavy atom. The minimum atomic E-state index is -1.27. The van der Waals surface area contributed by atoms with E-state index in [1.165, 1.54) is 0 Å². The zero-order valence-electron chi connectivity index (χ0n) is 8.77. The van der Waals surface area contributed by atoms with Crippen LogP contribution in [-0.2, 0) is 14.4 Å². The zero-order chi connectivity index (χ0) is 10.4. The van der Waals surface area contributed by atoms with Gasteiger partial charge < -0.3 is 16.7 Å². The van der Waals surface area contributed by atoms with E-state index in [-0.39, 0.29) is 43.8 Å². The van der Waals surface area contributed by atoms with Crippen LogP contribution in [0.5, 0.6) is 0 Å². The second-order valence-electron chi connectivity index (χ2n) is 2.57. The van der Waals surface area contributed by atoms with Gasteiger partial charge in [-0.05, 0) is 6.42 Å². The molecule has 0 saturated carbocycles. The summed E-state index contributed by atoms with van der Waals surface area (Å²) in [6.07, 6.45) is -1.02. The van der Waals surface area contributed by atoms with E-state index in [9.17, 15) is 14.4 Å². The van der Waals surface area contributed by atoms with E-state index < -0.39 is 30.2 Å². The van der Waals surface area contributed by atoms with Gasteiger partial charge in [-0.25, -0.2) is 0 Å². The number of carboxylic acid groups (broad SMARTS) is 3. The third-order valence-corrected chi connectivity index (χ3v) is 1.48. The van der Waals surface area contributed by atoms with Gasteiger partial charge in [0.1, 0.15) is 0 Å². The van der Waals surface area contributed by atoms with E-state index in [0.29, 0.717) is 0 Å². The van der Waals surface area contributed by atoms with Crippen molar-refractivity contribution in [1.82, 2.24) is 0 Å². The molecule has 0 aliphatic carbocycles. The van der Waals surface area contributed by atoms with Gasteiger partial charge in [-0.2, -0.15) is 0 Å².